The number of aryl methyl sites for hydroxylation is 3. The van der Waals surface area contributed by atoms with Gasteiger partial charge in [-0.05, 0) is 38.5 Å². The van der Waals surface area contributed by atoms with E-state index in [1.807, 2.05) is 37.7 Å². The monoisotopic (exact) mass is 531 g/mol. The van der Waals surface area contributed by atoms with Crippen molar-refractivity contribution in [2.45, 2.75) is 46.5 Å². The summed E-state index contributed by atoms with van der Waals surface area (Å²) in [6, 6.07) is 6.02. The molecule has 37 heavy (non-hydrogen) atoms. The maximum absolute atomic E-state index is 13.9. The van der Waals surface area contributed by atoms with Crippen molar-refractivity contribution in [1.82, 2.24) is 34.2 Å². The number of amides is 1. The number of hydrogen-bond acceptors (Lipinski definition) is 6. The summed E-state index contributed by atoms with van der Waals surface area (Å²) in [5, 5.41) is 8.53. The maximum atomic E-state index is 13.9. The van der Waals surface area contributed by atoms with E-state index in [1.54, 1.807) is 11.0 Å². The molecular weight excluding hydrogens is 503 g/mol. The molecule has 5 rings (SSSR count). The summed E-state index contributed by atoms with van der Waals surface area (Å²) in [7, 11) is 0. The van der Waals surface area contributed by atoms with Gasteiger partial charge in [0.05, 0.1) is 16.3 Å². The van der Waals surface area contributed by atoms with Crippen molar-refractivity contribution >= 4 is 22.9 Å². The van der Waals surface area contributed by atoms with Crippen LogP contribution in [-0.4, -0.2) is 66.3 Å². The molecule has 4 aromatic rings. The molecule has 0 spiro atoms. The van der Waals surface area contributed by atoms with Gasteiger partial charge in [-0.15, -0.1) is 11.3 Å². The first-order chi connectivity index (χ1) is 17.7. The quantitative estimate of drug-likeness (QED) is 0.366. The van der Waals surface area contributed by atoms with Gasteiger partial charge in [-0.1, -0.05) is 6.92 Å². The van der Waals surface area contributed by atoms with Gasteiger partial charge in [0, 0.05) is 62.0 Å². The van der Waals surface area contributed by atoms with Crippen LogP contribution in [0, 0.1) is 6.92 Å². The minimum atomic E-state index is -4.65. The Kier molecular flexibility index (Phi) is 6.80. The van der Waals surface area contributed by atoms with E-state index in [-0.39, 0.29) is 22.9 Å². The Morgan fingerprint density at radius 2 is 1.84 bits per heavy atom. The fourth-order valence-corrected chi connectivity index (χ4v) is 5.41. The van der Waals surface area contributed by atoms with Gasteiger partial charge < -0.3 is 4.90 Å². The standard InChI is InChI=1S/C25H28F3N7OS/c1-4-18-6-7-21(37-18)19-12-22(25(26,27)28)35-23(29-19)13-20(31-35)24(36)33-10-8-32(9-11-33)14-17-15-34(5-2)30-16(17)3/h6-7,12-13,15H,4-5,8-11,14H2,1-3H3. The first-order valence-electron chi connectivity index (χ1n) is 12.3. The predicted molar refractivity (Wildman–Crippen MR) is 134 cm³/mol. The summed E-state index contributed by atoms with van der Waals surface area (Å²) in [5.41, 5.74) is 1.38. The van der Waals surface area contributed by atoms with Gasteiger partial charge in [0.15, 0.2) is 17.0 Å². The number of alkyl halides is 3. The molecular formula is C25H28F3N7OS. The molecule has 8 nitrogen and oxygen atoms in total. The third-order valence-corrected chi connectivity index (χ3v) is 7.88. The van der Waals surface area contributed by atoms with Gasteiger partial charge in [-0.2, -0.15) is 23.4 Å². The third-order valence-electron chi connectivity index (χ3n) is 6.62. The van der Waals surface area contributed by atoms with Crippen molar-refractivity contribution in [2.75, 3.05) is 26.2 Å². The van der Waals surface area contributed by atoms with Crippen LogP contribution in [0.1, 0.15) is 46.2 Å². The number of hydrogen-bond donors (Lipinski definition) is 0. The van der Waals surface area contributed by atoms with Crippen molar-refractivity contribution < 1.29 is 18.0 Å². The summed E-state index contributed by atoms with van der Waals surface area (Å²) in [6.45, 7) is 9.81. The lowest BCUT2D eigenvalue weighted by atomic mass is 10.2. The summed E-state index contributed by atoms with van der Waals surface area (Å²) in [5.74, 6) is -0.390. The minimum absolute atomic E-state index is 0.00155. The lowest BCUT2D eigenvalue weighted by Gasteiger charge is -2.34. The first kappa shape index (κ1) is 25.4. The van der Waals surface area contributed by atoms with Crippen molar-refractivity contribution in [3.63, 3.8) is 0 Å². The van der Waals surface area contributed by atoms with Crippen molar-refractivity contribution in [1.29, 1.82) is 0 Å². The van der Waals surface area contributed by atoms with Crippen LogP contribution in [0.3, 0.4) is 0 Å². The average Bonchev–Trinajstić information content (AvgIpc) is 3.61. The Labute approximate surface area is 216 Å². The fraction of sp³-hybridized carbons (Fsp3) is 0.440. The SMILES string of the molecule is CCc1ccc(-c2cc(C(F)(F)F)n3nc(C(=O)N4CCN(Cc5cn(CC)nc5C)CC4)cc3n2)s1. The topological polar surface area (TPSA) is 71.6 Å². The first-order valence-corrected chi connectivity index (χ1v) is 13.1. The van der Waals surface area contributed by atoms with E-state index >= 15 is 0 Å². The Morgan fingerprint density at radius 1 is 1.08 bits per heavy atom. The van der Waals surface area contributed by atoms with E-state index in [0.29, 0.717) is 31.1 Å². The molecule has 1 aliphatic heterocycles. The third kappa shape index (κ3) is 5.12. The van der Waals surface area contributed by atoms with E-state index in [9.17, 15) is 18.0 Å². The fourth-order valence-electron chi connectivity index (χ4n) is 4.50. The van der Waals surface area contributed by atoms with E-state index in [4.69, 9.17) is 0 Å². The Bertz CT molecular complexity index is 1430. The summed E-state index contributed by atoms with van der Waals surface area (Å²) < 4.78 is 44.4. The van der Waals surface area contributed by atoms with Crippen LogP contribution in [-0.2, 0) is 25.7 Å². The Balaban J connectivity index is 1.35. The van der Waals surface area contributed by atoms with Crippen LogP contribution in [0.15, 0.2) is 30.5 Å². The molecule has 0 aromatic carbocycles. The molecule has 0 radical (unpaired) electrons. The van der Waals surface area contributed by atoms with Crippen LogP contribution in [0.4, 0.5) is 13.2 Å². The van der Waals surface area contributed by atoms with Gasteiger partial charge in [0.25, 0.3) is 5.91 Å². The molecule has 1 amide bonds. The number of aromatic nitrogens is 5. The molecule has 1 fully saturated rings. The molecule has 4 aromatic heterocycles. The van der Waals surface area contributed by atoms with Crippen molar-refractivity contribution in [2.24, 2.45) is 0 Å². The summed E-state index contributed by atoms with van der Waals surface area (Å²) in [4.78, 5) is 23.2. The van der Waals surface area contributed by atoms with Crippen LogP contribution < -0.4 is 0 Å². The highest BCUT2D eigenvalue weighted by molar-refractivity contribution is 7.15. The maximum Gasteiger partial charge on any atom is 0.433 e. The Morgan fingerprint density at radius 3 is 2.46 bits per heavy atom. The summed E-state index contributed by atoms with van der Waals surface area (Å²) >= 11 is 1.41. The van der Waals surface area contributed by atoms with E-state index < -0.39 is 11.9 Å². The van der Waals surface area contributed by atoms with Crippen LogP contribution in [0.2, 0.25) is 0 Å². The van der Waals surface area contributed by atoms with Gasteiger partial charge in [0.1, 0.15) is 0 Å². The highest BCUT2D eigenvalue weighted by atomic mass is 32.1. The molecule has 0 saturated carbocycles. The number of carbonyl (C=O) groups excluding carboxylic acids is 1. The normalized spacial score (nSPS) is 15.1. The zero-order valence-electron chi connectivity index (χ0n) is 20.9. The predicted octanol–water partition coefficient (Wildman–Crippen LogP) is 4.52. The minimum Gasteiger partial charge on any atom is -0.335 e. The molecule has 1 aliphatic rings. The number of piperazine rings is 1. The largest absolute Gasteiger partial charge is 0.433 e. The molecule has 12 heteroatoms. The van der Waals surface area contributed by atoms with Gasteiger partial charge in [0.2, 0.25) is 0 Å². The number of thiophene rings is 1. The average molecular weight is 532 g/mol. The molecule has 196 valence electrons. The molecule has 0 unspecified atom stereocenters. The second kappa shape index (κ2) is 9.90. The molecule has 1 saturated heterocycles. The smallest absolute Gasteiger partial charge is 0.335 e. The number of rotatable bonds is 6. The number of fused-ring (bicyclic) bond motifs is 1. The zero-order chi connectivity index (χ0) is 26.3. The summed E-state index contributed by atoms with van der Waals surface area (Å²) in [6.07, 6.45) is -1.82. The lowest BCUT2D eigenvalue weighted by molar-refractivity contribution is -0.142. The number of carbonyl (C=O) groups is 1. The molecule has 0 aliphatic carbocycles. The second-order valence-electron chi connectivity index (χ2n) is 9.11. The van der Waals surface area contributed by atoms with Gasteiger partial charge >= 0.3 is 6.18 Å². The van der Waals surface area contributed by atoms with E-state index in [1.165, 1.54) is 17.4 Å². The van der Waals surface area contributed by atoms with E-state index in [0.717, 1.165) is 46.2 Å². The van der Waals surface area contributed by atoms with E-state index in [2.05, 4.69) is 20.1 Å². The Hall–Kier alpha value is -3.25. The highest BCUT2D eigenvalue weighted by Crippen LogP contribution is 2.34. The molecule has 0 atom stereocenters. The lowest BCUT2D eigenvalue weighted by Crippen LogP contribution is -2.48. The van der Waals surface area contributed by atoms with Crippen molar-refractivity contribution in [3.05, 3.63) is 58.0 Å². The van der Waals surface area contributed by atoms with Crippen molar-refractivity contribution in [3.8, 4) is 10.6 Å². The molecule has 0 N–H and O–H groups in total. The zero-order valence-corrected chi connectivity index (χ0v) is 21.7. The highest BCUT2D eigenvalue weighted by Gasteiger charge is 2.36. The van der Waals surface area contributed by atoms with Crippen LogP contribution in [0.5, 0.6) is 0 Å². The number of halogens is 3. The number of nitrogens with zero attached hydrogens (tertiary/aromatic N) is 7. The second-order valence-corrected chi connectivity index (χ2v) is 10.3. The van der Waals surface area contributed by atoms with Crippen LogP contribution >= 0.6 is 11.3 Å². The molecule has 5 heterocycles. The van der Waals surface area contributed by atoms with Gasteiger partial charge in [-0.3, -0.25) is 14.4 Å². The van der Waals surface area contributed by atoms with Crippen LogP contribution in [0.25, 0.3) is 16.2 Å². The van der Waals surface area contributed by atoms with Gasteiger partial charge in [-0.25, -0.2) is 9.50 Å². The molecule has 0 bridgehead atoms.